The lowest BCUT2D eigenvalue weighted by molar-refractivity contribution is 0.0938. The van der Waals surface area contributed by atoms with Crippen molar-refractivity contribution in [2.75, 3.05) is 13.2 Å². The third-order valence-electron chi connectivity index (χ3n) is 1.43. The first-order chi connectivity index (χ1) is 6.24. The highest BCUT2D eigenvalue weighted by atomic mass is 16.3. The van der Waals surface area contributed by atoms with Gasteiger partial charge in [0.15, 0.2) is 5.69 Å². The fourth-order valence-electron chi connectivity index (χ4n) is 0.780. The molecule has 1 amide bonds. The number of carbonyl (C=O) groups is 1. The molecule has 0 unspecified atom stereocenters. The summed E-state index contributed by atoms with van der Waals surface area (Å²) in [5.41, 5.74) is 1.03. The van der Waals surface area contributed by atoms with Crippen LogP contribution in [0.4, 0.5) is 0 Å². The molecule has 0 aliphatic heterocycles. The summed E-state index contributed by atoms with van der Waals surface area (Å²) in [7, 11) is 0. The number of nitrogens with one attached hydrogen (secondary N) is 1. The monoisotopic (exact) mass is 181 g/mol. The molecule has 1 heterocycles. The molecule has 0 bridgehead atoms. The van der Waals surface area contributed by atoms with Crippen molar-refractivity contribution in [3.05, 3.63) is 23.5 Å². The van der Waals surface area contributed by atoms with Gasteiger partial charge < -0.3 is 10.4 Å². The summed E-state index contributed by atoms with van der Waals surface area (Å²) < 4.78 is 0. The van der Waals surface area contributed by atoms with E-state index in [1.807, 2.05) is 0 Å². The molecule has 1 rings (SSSR count). The number of aryl methyl sites for hydroxylation is 1. The van der Waals surface area contributed by atoms with Gasteiger partial charge in [0, 0.05) is 6.54 Å². The highest BCUT2D eigenvalue weighted by Crippen LogP contribution is 1.94. The number of aromatic nitrogens is 2. The minimum Gasteiger partial charge on any atom is -0.395 e. The maximum absolute atomic E-state index is 11.2. The number of rotatable bonds is 3. The minimum absolute atomic E-state index is 0.0783. The SMILES string of the molecule is Cc1ccc(C(=O)NCCO)nn1. The molecule has 0 aliphatic rings. The molecule has 0 saturated carbocycles. The minimum atomic E-state index is -0.318. The predicted octanol–water partition coefficient (Wildman–Crippen LogP) is -0.493. The van der Waals surface area contributed by atoms with E-state index in [4.69, 9.17) is 5.11 Å². The zero-order valence-electron chi connectivity index (χ0n) is 7.32. The van der Waals surface area contributed by atoms with E-state index >= 15 is 0 Å². The Kier molecular flexibility index (Phi) is 3.33. The molecular formula is C8H11N3O2. The molecule has 5 heteroatoms. The predicted molar refractivity (Wildman–Crippen MR) is 46.2 cm³/mol. The van der Waals surface area contributed by atoms with Gasteiger partial charge in [-0.1, -0.05) is 0 Å². The number of amides is 1. The van der Waals surface area contributed by atoms with E-state index in [1.165, 1.54) is 0 Å². The molecule has 70 valence electrons. The van der Waals surface area contributed by atoms with Crippen molar-refractivity contribution < 1.29 is 9.90 Å². The molecule has 1 aromatic heterocycles. The lowest BCUT2D eigenvalue weighted by Crippen LogP contribution is -2.27. The number of aliphatic hydroxyl groups excluding tert-OH is 1. The molecule has 0 spiro atoms. The maximum Gasteiger partial charge on any atom is 0.271 e. The number of nitrogens with zero attached hydrogens (tertiary/aromatic N) is 2. The van der Waals surface area contributed by atoms with Crippen LogP contribution in [0.25, 0.3) is 0 Å². The van der Waals surface area contributed by atoms with Gasteiger partial charge in [0.1, 0.15) is 0 Å². The van der Waals surface area contributed by atoms with Crippen LogP contribution in [0.5, 0.6) is 0 Å². The maximum atomic E-state index is 11.2. The quantitative estimate of drug-likeness (QED) is 0.659. The van der Waals surface area contributed by atoms with E-state index in [0.29, 0.717) is 0 Å². The van der Waals surface area contributed by atoms with Crippen LogP contribution in [0.1, 0.15) is 16.2 Å². The van der Waals surface area contributed by atoms with Crippen molar-refractivity contribution in [3.63, 3.8) is 0 Å². The molecule has 1 aromatic rings. The van der Waals surface area contributed by atoms with Gasteiger partial charge in [0.25, 0.3) is 5.91 Å². The van der Waals surface area contributed by atoms with Crippen molar-refractivity contribution in [2.45, 2.75) is 6.92 Å². The first-order valence-corrected chi connectivity index (χ1v) is 3.93. The van der Waals surface area contributed by atoms with Crippen LogP contribution in [0, 0.1) is 6.92 Å². The van der Waals surface area contributed by atoms with Crippen LogP contribution in [0.15, 0.2) is 12.1 Å². The molecule has 0 aromatic carbocycles. The lowest BCUT2D eigenvalue weighted by atomic mass is 10.3. The average Bonchev–Trinajstić information content (AvgIpc) is 2.15. The Bertz CT molecular complexity index is 284. The Balaban J connectivity index is 2.61. The summed E-state index contributed by atoms with van der Waals surface area (Å²) in [5.74, 6) is -0.318. The Morgan fingerprint density at radius 2 is 2.31 bits per heavy atom. The fraction of sp³-hybridized carbons (Fsp3) is 0.375. The molecule has 0 atom stereocenters. The zero-order chi connectivity index (χ0) is 9.68. The second-order valence-electron chi connectivity index (χ2n) is 2.54. The number of aliphatic hydroxyl groups is 1. The van der Waals surface area contributed by atoms with Crippen molar-refractivity contribution in [1.29, 1.82) is 0 Å². The van der Waals surface area contributed by atoms with E-state index in [9.17, 15) is 4.79 Å². The Labute approximate surface area is 75.8 Å². The van der Waals surface area contributed by atoms with Crippen molar-refractivity contribution >= 4 is 5.91 Å². The summed E-state index contributed by atoms with van der Waals surface area (Å²) in [4.78, 5) is 11.2. The van der Waals surface area contributed by atoms with Crippen LogP contribution in [0.3, 0.4) is 0 Å². The van der Waals surface area contributed by atoms with Gasteiger partial charge in [-0.3, -0.25) is 4.79 Å². The summed E-state index contributed by atoms with van der Waals surface area (Å²) >= 11 is 0. The second-order valence-corrected chi connectivity index (χ2v) is 2.54. The van der Waals surface area contributed by atoms with E-state index in [-0.39, 0.29) is 24.8 Å². The molecule has 13 heavy (non-hydrogen) atoms. The van der Waals surface area contributed by atoms with Crippen molar-refractivity contribution in [2.24, 2.45) is 0 Å². The van der Waals surface area contributed by atoms with Crippen LogP contribution in [-0.2, 0) is 0 Å². The van der Waals surface area contributed by atoms with Crippen LogP contribution >= 0.6 is 0 Å². The van der Waals surface area contributed by atoms with Gasteiger partial charge >= 0.3 is 0 Å². The fourth-order valence-corrected chi connectivity index (χ4v) is 0.780. The van der Waals surface area contributed by atoms with Gasteiger partial charge in [-0.15, -0.1) is 5.10 Å². The smallest absolute Gasteiger partial charge is 0.271 e. The highest BCUT2D eigenvalue weighted by molar-refractivity contribution is 5.91. The number of carbonyl (C=O) groups excluding carboxylic acids is 1. The van der Waals surface area contributed by atoms with E-state index in [2.05, 4.69) is 15.5 Å². The van der Waals surface area contributed by atoms with Gasteiger partial charge in [-0.05, 0) is 19.1 Å². The average molecular weight is 181 g/mol. The van der Waals surface area contributed by atoms with Crippen LogP contribution < -0.4 is 5.32 Å². The topological polar surface area (TPSA) is 75.1 Å². The Hall–Kier alpha value is -1.49. The largest absolute Gasteiger partial charge is 0.395 e. The van der Waals surface area contributed by atoms with E-state index in [0.717, 1.165) is 5.69 Å². The second kappa shape index (κ2) is 4.51. The van der Waals surface area contributed by atoms with E-state index in [1.54, 1.807) is 19.1 Å². The standard InChI is InChI=1S/C8H11N3O2/c1-6-2-3-7(11-10-6)8(13)9-4-5-12/h2-3,12H,4-5H2,1H3,(H,9,13). The molecule has 2 N–H and O–H groups in total. The Morgan fingerprint density at radius 3 is 2.85 bits per heavy atom. The highest BCUT2D eigenvalue weighted by Gasteiger charge is 2.05. The van der Waals surface area contributed by atoms with E-state index < -0.39 is 0 Å². The molecule has 0 radical (unpaired) electrons. The molecule has 5 nitrogen and oxygen atoms in total. The third kappa shape index (κ3) is 2.79. The van der Waals surface area contributed by atoms with Gasteiger partial charge in [0.2, 0.25) is 0 Å². The molecule has 0 saturated heterocycles. The van der Waals surface area contributed by atoms with Crippen LogP contribution in [-0.4, -0.2) is 34.4 Å². The van der Waals surface area contributed by atoms with Crippen LogP contribution in [0.2, 0.25) is 0 Å². The Morgan fingerprint density at radius 1 is 1.54 bits per heavy atom. The molecule has 0 aliphatic carbocycles. The van der Waals surface area contributed by atoms with Crippen molar-refractivity contribution in [3.8, 4) is 0 Å². The summed E-state index contributed by atoms with van der Waals surface area (Å²) in [6, 6.07) is 3.30. The first-order valence-electron chi connectivity index (χ1n) is 3.93. The van der Waals surface area contributed by atoms with Gasteiger partial charge in [0.05, 0.1) is 12.3 Å². The molecular weight excluding hydrogens is 170 g/mol. The summed E-state index contributed by atoms with van der Waals surface area (Å²) in [6.45, 7) is 1.95. The van der Waals surface area contributed by atoms with Crippen molar-refractivity contribution in [1.82, 2.24) is 15.5 Å². The number of hydrogen-bond donors (Lipinski definition) is 2. The summed E-state index contributed by atoms with van der Waals surface area (Å²) in [5, 5.41) is 18.4. The third-order valence-corrected chi connectivity index (χ3v) is 1.43. The van der Waals surface area contributed by atoms with Gasteiger partial charge in [-0.25, -0.2) is 0 Å². The molecule has 0 fully saturated rings. The summed E-state index contributed by atoms with van der Waals surface area (Å²) in [6.07, 6.45) is 0. The normalized spacial score (nSPS) is 9.69. The van der Waals surface area contributed by atoms with Gasteiger partial charge in [-0.2, -0.15) is 5.10 Å². The lowest BCUT2D eigenvalue weighted by Gasteiger charge is -2.00. The number of hydrogen-bond acceptors (Lipinski definition) is 4. The first kappa shape index (κ1) is 9.60. The zero-order valence-corrected chi connectivity index (χ0v) is 7.32.